The Morgan fingerprint density at radius 1 is 1.55 bits per heavy atom. The van der Waals surface area contributed by atoms with E-state index < -0.39 is 10.0 Å². The Hall–Kier alpha value is -1.66. The van der Waals surface area contributed by atoms with E-state index >= 15 is 0 Å². The summed E-state index contributed by atoms with van der Waals surface area (Å²) >= 11 is 1.41. The molecule has 2 heterocycles. The Balaban J connectivity index is 2.05. The molecule has 0 saturated carbocycles. The fraction of sp³-hybridized carbons (Fsp3) is 0.250. The lowest BCUT2D eigenvalue weighted by molar-refractivity contribution is 0.350. The maximum atomic E-state index is 12.0. The van der Waals surface area contributed by atoms with Crippen LogP contribution in [0.2, 0.25) is 0 Å². The lowest BCUT2D eigenvalue weighted by atomic mass is 10.3. The molecule has 6 nitrogen and oxygen atoms in total. The second-order valence-electron chi connectivity index (χ2n) is 3.95. The number of hydrogen-bond donors (Lipinski definition) is 3. The van der Waals surface area contributed by atoms with Crippen LogP contribution >= 0.6 is 11.3 Å². The van der Waals surface area contributed by atoms with Gasteiger partial charge in [-0.15, -0.1) is 11.3 Å². The van der Waals surface area contributed by atoms with Crippen molar-refractivity contribution in [1.82, 2.24) is 14.9 Å². The molecule has 0 aliphatic heterocycles. The first-order valence-electron chi connectivity index (χ1n) is 5.69. The van der Waals surface area contributed by atoms with E-state index in [9.17, 15) is 8.42 Å². The summed E-state index contributed by atoms with van der Waals surface area (Å²) in [6.45, 7) is 1.64. The minimum Gasteiger partial charge on any atom is -0.384 e. The van der Waals surface area contributed by atoms with Crippen LogP contribution < -0.4 is 4.72 Å². The number of aromatic nitrogens is 2. The third-order valence-corrected chi connectivity index (χ3v) is 4.93. The van der Waals surface area contributed by atoms with E-state index in [0.717, 1.165) is 10.4 Å². The van der Waals surface area contributed by atoms with Crippen molar-refractivity contribution in [2.24, 2.45) is 0 Å². The SMILES string of the molecule is Cc1[nH]ncc1S(=O)(=O)NCc1cc(C#CCO)cs1. The van der Waals surface area contributed by atoms with Gasteiger partial charge in [0.15, 0.2) is 0 Å². The highest BCUT2D eigenvalue weighted by Crippen LogP contribution is 2.16. The monoisotopic (exact) mass is 311 g/mol. The number of aryl methyl sites for hydroxylation is 1. The molecule has 0 spiro atoms. The van der Waals surface area contributed by atoms with Crippen LogP contribution in [-0.2, 0) is 16.6 Å². The van der Waals surface area contributed by atoms with Gasteiger partial charge in [-0.05, 0) is 13.0 Å². The van der Waals surface area contributed by atoms with Gasteiger partial charge in [-0.3, -0.25) is 5.10 Å². The number of sulfonamides is 1. The zero-order valence-electron chi connectivity index (χ0n) is 10.7. The van der Waals surface area contributed by atoms with E-state index in [-0.39, 0.29) is 18.0 Å². The molecule has 2 rings (SSSR count). The summed E-state index contributed by atoms with van der Waals surface area (Å²) in [6.07, 6.45) is 1.28. The highest BCUT2D eigenvalue weighted by molar-refractivity contribution is 7.89. The third kappa shape index (κ3) is 3.46. The minimum absolute atomic E-state index is 0.148. The quantitative estimate of drug-likeness (QED) is 0.721. The molecule has 0 unspecified atom stereocenters. The van der Waals surface area contributed by atoms with E-state index in [1.165, 1.54) is 17.5 Å². The van der Waals surface area contributed by atoms with Gasteiger partial charge in [0.1, 0.15) is 11.5 Å². The zero-order valence-corrected chi connectivity index (χ0v) is 12.3. The van der Waals surface area contributed by atoms with Gasteiger partial charge < -0.3 is 5.11 Å². The minimum atomic E-state index is -3.57. The van der Waals surface area contributed by atoms with Gasteiger partial charge in [-0.2, -0.15) is 5.10 Å². The van der Waals surface area contributed by atoms with Crippen LogP contribution in [0.4, 0.5) is 0 Å². The smallest absolute Gasteiger partial charge is 0.244 e. The average Bonchev–Trinajstić information content (AvgIpc) is 3.03. The molecule has 2 aromatic rings. The number of thiophene rings is 1. The second-order valence-corrected chi connectivity index (χ2v) is 6.68. The summed E-state index contributed by atoms with van der Waals surface area (Å²) in [5, 5.41) is 16.7. The summed E-state index contributed by atoms with van der Waals surface area (Å²) < 4.78 is 26.6. The Morgan fingerprint density at radius 2 is 2.35 bits per heavy atom. The number of H-pyrrole nitrogens is 1. The molecule has 0 bridgehead atoms. The van der Waals surface area contributed by atoms with Crippen LogP contribution in [-0.4, -0.2) is 30.3 Å². The van der Waals surface area contributed by atoms with E-state index in [0.29, 0.717) is 5.69 Å². The van der Waals surface area contributed by atoms with Crippen LogP contribution in [0.25, 0.3) is 0 Å². The first-order valence-corrected chi connectivity index (χ1v) is 8.06. The Bertz CT molecular complexity index is 750. The largest absolute Gasteiger partial charge is 0.384 e. The second kappa shape index (κ2) is 6.19. The fourth-order valence-corrected chi connectivity index (χ4v) is 3.52. The van der Waals surface area contributed by atoms with Gasteiger partial charge >= 0.3 is 0 Å². The van der Waals surface area contributed by atoms with E-state index in [1.807, 2.05) is 5.38 Å². The van der Waals surface area contributed by atoms with Crippen LogP contribution in [0.1, 0.15) is 16.1 Å². The van der Waals surface area contributed by atoms with Crippen LogP contribution in [0.5, 0.6) is 0 Å². The molecule has 0 aromatic carbocycles. The number of nitrogens with zero attached hydrogens (tertiary/aromatic N) is 1. The fourth-order valence-electron chi connectivity index (χ4n) is 1.53. The maximum absolute atomic E-state index is 12.0. The van der Waals surface area contributed by atoms with Crippen molar-refractivity contribution in [3.8, 4) is 11.8 Å². The predicted octanol–water partition coefficient (Wildman–Crippen LogP) is 0.602. The summed E-state index contributed by atoms with van der Waals surface area (Å²) in [4.78, 5) is 0.992. The number of aromatic amines is 1. The Morgan fingerprint density at radius 3 is 3.00 bits per heavy atom. The molecule has 0 saturated heterocycles. The highest BCUT2D eigenvalue weighted by Gasteiger charge is 2.18. The summed E-state index contributed by atoms with van der Waals surface area (Å²) in [7, 11) is -3.57. The van der Waals surface area contributed by atoms with Gasteiger partial charge in [-0.1, -0.05) is 11.8 Å². The summed E-state index contributed by atoms with van der Waals surface area (Å²) in [6, 6.07) is 1.79. The Labute approximate surface area is 120 Å². The molecule has 2 aromatic heterocycles. The molecule has 0 aliphatic carbocycles. The number of rotatable bonds is 4. The average molecular weight is 311 g/mol. The number of aliphatic hydroxyl groups excluding tert-OH is 1. The van der Waals surface area contributed by atoms with Crippen molar-refractivity contribution in [2.75, 3.05) is 6.61 Å². The maximum Gasteiger partial charge on any atom is 0.244 e. The van der Waals surface area contributed by atoms with Gasteiger partial charge in [-0.25, -0.2) is 13.1 Å². The van der Waals surface area contributed by atoms with Crippen molar-refractivity contribution < 1.29 is 13.5 Å². The van der Waals surface area contributed by atoms with Gasteiger partial charge in [0.05, 0.1) is 11.9 Å². The van der Waals surface area contributed by atoms with Gasteiger partial charge in [0.25, 0.3) is 0 Å². The van der Waals surface area contributed by atoms with Crippen molar-refractivity contribution in [1.29, 1.82) is 0 Å². The first-order chi connectivity index (χ1) is 9.53. The summed E-state index contributed by atoms with van der Waals surface area (Å²) in [5.41, 5.74) is 1.26. The number of aliphatic hydroxyl groups is 1. The molecule has 0 amide bonds. The van der Waals surface area contributed by atoms with Crippen molar-refractivity contribution >= 4 is 21.4 Å². The van der Waals surface area contributed by atoms with E-state index in [1.54, 1.807) is 13.0 Å². The molecule has 106 valence electrons. The van der Waals surface area contributed by atoms with Crippen molar-refractivity contribution in [3.63, 3.8) is 0 Å². The van der Waals surface area contributed by atoms with Crippen LogP contribution in [0.15, 0.2) is 22.5 Å². The molecular weight excluding hydrogens is 298 g/mol. The standard InChI is InChI=1S/C12H13N3O3S2/c1-9-12(7-13-15-9)20(17,18)14-6-11-5-10(8-19-11)3-2-4-16/h5,7-8,14,16H,4,6H2,1H3,(H,13,15). The zero-order chi connectivity index (χ0) is 14.6. The molecule has 0 radical (unpaired) electrons. The highest BCUT2D eigenvalue weighted by atomic mass is 32.2. The molecule has 0 atom stereocenters. The predicted molar refractivity (Wildman–Crippen MR) is 75.6 cm³/mol. The third-order valence-electron chi connectivity index (χ3n) is 2.48. The molecular formula is C12H13N3O3S2. The lowest BCUT2D eigenvalue weighted by Gasteiger charge is -2.03. The molecule has 0 fully saturated rings. The van der Waals surface area contributed by atoms with E-state index in [2.05, 4.69) is 26.8 Å². The lowest BCUT2D eigenvalue weighted by Crippen LogP contribution is -2.23. The van der Waals surface area contributed by atoms with Gasteiger partial charge in [0, 0.05) is 22.4 Å². The molecule has 20 heavy (non-hydrogen) atoms. The normalized spacial score (nSPS) is 11.1. The number of hydrogen-bond acceptors (Lipinski definition) is 5. The molecule has 0 aliphatic rings. The van der Waals surface area contributed by atoms with Crippen molar-refractivity contribution in [3.05, 3.63) is 33.8 Å². The number of nitrogens with one attached hydrogen (secondary N) is 2. The van der Waals surface area contributed by atoms with Gasteiger partial charge in [0.2, 0.25) is 10.0 Å². The van der Waals surface area contributed by atoms with Crippen molar-refractivity contribution in [2.45, 2.75) is 18.4 Å². The van der Waals surface area contributed by atoms with Crippen LogP contribution in [0, 0.1) is 18.8 Å². The summed E-state index contributed by atoms with van der Waals surface area (Å²) in [5.74, 6) is 5.31. The molecule has 3 N–H and O–H groups in total. The molecule has 8 heteroatoms. The van der Waals surface area contributed by atoms with Crippen LogP contribution in [0.3, 0.4) is 0 Å². The van der Waals surface area contributed by atoms with E-state index in [4.69, 9.17) is 5.11 Å². The first kappa shape index (κ1) is 14.7. The Kier molecular flexibility index (Phi) is 4.57. The topological polar surface area (TPSA) is 95.1 Å².